The third-order valence-electron chi connectivity index (χ3n) is 3.27. The van der Waals surface area contributed by atoms with Crippen molar-refractivity contribution in [3.63, 3.8) is 0 Å². The largest absolute Gasteiger partial charge is 0.382 e. The SMILES string of the molecule is Brc1ccccc1NCCn1cc(-c2ccccc2)cn1. The summed E-state index contributed by atoms with van der Waals surface area (Å²) in [6.07, 6.45) is 3.99. The van der Waals surface area contributed by atoms with E-state index in [-0.39, 0.29) is 0 Å². The molecule has 3 aromatic rings. The van der Waals surface area contributed by atoms with Crippen molar-refractivity contribution in [3.8, 4) is 11.1 Å². The molecule has 0 amide bonds. The van der Waals surface area contributed by atoms with E-state index in [1.54, 1.807) is 0 Å². The number of aromatic nitrogens is 2. The van der Waals surface area contributed by atoms with Gasteiger partial charge in [-0.05, 0) is 33.6 Å². The summed E-state index contributed by atoms with van der Waals surface area (Å²) < 4.78 is 3.04. The zero-order chi connectivity index (χ0) is 14.5. The van der Waals surface area contributed by atoms with E-state index in [1.807, 2.05) is 47.3 Å². The van der Waals surface area contributed by atoms with Crippen LogP contribution < -0.4 is 5.32 Å². The minimum Gasteiger partial charge on any atom is -0.382 e. The monoisotopic (exact) mass is 341 g/mol. The summed E-state index contributed by atoms with van der Waals surface area (Å²) in [6.45, 7) is 1.66. The summed E-state index contributed by atoms with van der Waals surface area (Å²) in [7, 11) is 0. The Morgan fingerprint density at radius 2 is 1.71 bits per heavy atom. The Bertz CT molecular complexity index is 707. The van der Waals surface area contributed by atoms with E-state index in [9.17, 15) is 0 Å². The Hall–Kier alpha value is -2.07. The van der Waals surface area contributed by atoms with E-state index in [2.05, 4.69) is 50.7 Å². The molecule has 21 heavy (non-hydrogen) atoms. The van der Waals surface area contributed by atoms with Gasteiger partial charge < -0.3 is 5.32 Å². The van der Waals surface area contributed by atoms with Crippen molar-refractivity contribution in [2.75, 3.05) is 11.9 Å². The summed E-state index contributed by atoms with van der Waals surface area (Å²) in [5.74, 6) is 0. The average Bonchev–Trinajstić information content (AvgIpc) is 2.99. The van der Waals surface area contributed by atoms with Gasteiger partial charge in [0.25, 0.3) is 0 Å². The maximum atomic E-state index is 4.41. The first kappa shape index (κ1) is 13.9. The van der Waals surface area contributed by atoms with E-state index in [4.69, 9.17) is 0 Å². The molecule has 3 rings (SSSR count). The molecule has 0 spiro atoms. The molecule has 4 heteroatoms. The number of hydrogen-bond acceptors (Lipinski definition) is 2. The first-order valence-corrected chi connectivity index (χ1v) is 7.68. The van der Waals surface area contributed by atoms with Gasteiger partial charge in [0.15, 0.2) is 0 Å². The molecule has 0 aliphatic rings. The van der Waals surface area contributed by atoms with Gasteiger partial charge in [-0.25, -0.2) is 0 Å². The highest BCUT2D eigenvalue weighted by Gasteiger charge is 2.01. The standard InChI is InChI=1S/C17H16BrN3/c18-16-8-4-5-9-17(16)19-10-11-21-13-15(12-20-21)14-6-2-1-3-7-14/h1-9,12-13,19H,10-11H2. The fraction of sp³-hybridized carbons (Fsp3) is 0.118. The number of nitrogens with one attached hydrogen (secondary N) is 1. The quantitative estimate of drug-likeness (QED) is 0.744. The summed E-state index contributed by atoms with van der Waals surface area (Å²) in [5, 5.41) is 7.81. The minimum absolute atomic E-state index is 0.828. The summed E-state index contributed by atoms with van der Waals surface area (Å²) >= 11 is 3.53. The highest BCUT2D eigenvalue weighted by atomic mass is 79.9. The molecule has 106 valence electrons. The van der Waals surface area contributed by atoms with Gasteiger partial charge >= 0.3 is 0 Å². The molecule has 1 N–H and O–H groups in total. The lowest BCUT2D eigenvalue weighted by Gasteiger charge is -2.08. The zero-order valence-electron chi connectivity index (χ0n) is 11.5. The fourth-order valence-electron chi connectivity index (χ4n) is 2.18. The van der Waals surface area contributed by atoms with Gasteiger partial charge in [-0.2, -0.15) is 5.10 Å². The van der Waals surface area contributed by atoms with Crippen LogP contribution in [0.15, 0.2) is 71.5 Å². The molecule has 0 radical (unpaired) electrons. The van der Waals surface area contributed by atoms with Crippen LogP contribution in [-0.2, 0) is 6.54 Å². The van der Waals surface area contributed by atoms with Gasteiger partial charge in [-0.1, -0.05) is 42.5 Å². The van der Waals surface area contributed by atoms with Crippen LogP contribution in [0.2, 0.25) is 0 Å². The minimum atomic E-state index is 0.828. The molecule has 0 saturated carbocycles. The summed E-state index contributed by atoms with van der Waals surface area (Å²) in [5.41, 5.74) is 3.45. The van der Waals surface area contributed by atoms with Gasteiger partial charge in [0, 0.05) is 28.5 Å². The molecule has 0 aliphatic heterocycles. The van der Waals surface area contributed by atoms with Crippen molar-refractivity contribution in [2.45, 2.75) is 6.54 Å². The van der Waals surface area contributed by atoms with Crippen molar-refractivity contribution in [1.29, 1.82) is 0 Å². The van der Waals surface area contributed by atoms with Crippen LogP contribution >= 0.6 is 15.9 Å². The van der Waals surface area contributed by atoms with Crippen LogP contribution in [0.3, 0.4) is 0 Å². The third-order valence-corrected chi connectivity index (χ3v) is 3.96. The van der Waals surface area contributed by atoms with Crippen molar-refractivity contribution >= 4 is 21.6 Å². The fourth-order valence-corrected chi connectivity index (χ4v) is 2.60. The molecule has 1 heterocycles. The van der Waals surface area contributed by atoms with Crippen LogP contribution in [0.1, 0.15) is 0 Å². The van der Waals surface area contributed by atoms with Gasteiger partial charge in [0.05, 0.1) is 12.7 Å². The summed E-state index contributed by atoms with van der Waals surface area (Å²) in [4.78, 5) is 0. The first-order chi connectivity index (χ1) is 10.3. The lowest BCUT2D eigenvalue weighted by molar-refractivity contribution is 0.638. The maximum absolute atomic E-state index is 4.41. The van der Waals surface area contributed by atoms with E-state index in [0.29, 0.717) is 0 Å². The van der Waals surface area contributed by atoms with E-state index >= 15 is 0 Å². The van der Waals surface area contributed by atoms with Crippen molar-refractivity contribution in [3.05, 3.63) is 71.5 Å². The van der Waals surface area contributed by atoms with Crippen molar-refractivity contribution in [1.82, 2.24) is 9.78 Å². The Balaban J connectivity index is 1.60. The Kier molecular flexibility index (Phi) is 4.36. The van der Waals surface area contributed by atoms with Crippen LogP contribution in [-0.4, -0.2) is 16.3 Å². The van der Waals surface area contributed by atoms with Crippen LogP contribution in [0, 0.1) is 0 Å². The highest BCUT2D eigenvalue weighted by Crippen LogP contribution is 2.21. The molecule has 2 aromatic carbocycles. The highest BCUT2D eigenvalue weighted by molar-refractivity contribution is 9.10. The number of para-hydroxylation sites is 1. The first-order valence-electron chi connectivity index (χ1n) is 6.89. The van der Waals surface area contributed by atoms with Crippen LogP contribution in [0.25, 0.3) is 11.1 Å². The van der Waals surface area contributed by atoms with Gasteiger partial charge in [0.1, 0.15) is 0 Å². The predicted octanol–water partition coefficient (Wildman–Crippen LogP) is 4.42. The molecule has 0 unspecified atom stereocenters. The van der Waals surface area contributed by atoms with E-state index in [0.717, 1.165) is 28.8 Å². The predicted molar refractivity (Wildman–Crippen MR) is 90.3 cm³/mol. The Morgan fingerprint density at radius 1 is 0.952 bits per heavy atom. The number of anilines is 1. The van der Waals surface area contributed by atoms with Crippen molar-refractivity contribution in [2.24, 2.45) is 0 Å². The van der Waals surface area contributed by atoms with Crippen molar-refractivity contribution < 1.29 is 0 Å². The zero-order valence-corrected chi connectivity index (χ0v) is 13.1. The molecular formula is C17H16BrN3. The number of halogens is 1. The Morgan fingerprint density at radius 3 is 2.52 bits per heavy atom. The molecule has 0 bridgehead atoms. The lowest BCUT2D eigenvalue weighted by Crippen LogP contribution is -2.10. The lowest BCUT2D eigenvalue weighted by atomic mass is 10.1. The number of rotatable bonds is 5. The molecule has 1 aromatic heterocycles. The second-order valence-corrected chi connectivity index (χ2v) is 5.62. The van der Waals surface area contributed by atoms with E-state index in [1.165, 1.54) is 5.56 Å². The van der Waals surface area contributed by atoms with Gasteiger partial charge in [0.2, 0.25) is 0 Å². The van der Waals surface area contributed by atoms with Crippen LogP contribution in [0.4, 0.5) is 5.69 Å². The number of benzene rings is 2. The van der Waals surface area contributed by atoms with Crippen LogP contribution in [0.5, 0.6) is 0 Å². The normalized spacial score (nSPS) is 10.5. The van der Waals surface area contributed by atoms with Gasteiger partial charge in [-0.3, -0.25) is 4.68 Å². The molecule has 0 atom stereocenters. The topological polar surface area (TPSA) is 29.9 Å². The molecule has 0 saturated heterocycles. The summed E-state index contributed by atoms with van der Waals surface area (Å²) in [6, 6.07) is 18.4. The molecule has 0 aliphatic carbocycles. The number of nitrogens with zero attached hydrogens (tertiary/aromatic N) is 2. The average molecular weight is 342 g/mol. The van der Waals surface area contributed by atoms with E-state index < -0.39 is 0 Å². The second-order valence-electron chi connectivity index (χ2n) is 4.76. The van der Waals surface area contributed by atoms with Gasteiger partial charge in [-0.15, -0.1) is 0 Å². The second kappa shape index (κ2) is 6.59. The third kappa shape index (κ3) is 3.52. The maximum Gasteiger partial charge on any atom is 0.0582 e. The smallest absolute Gasteiger partial charge is 0.0582 e. The molecule has 0 fully saturated rings. The molecular weight excluding hydrogens is 326 g/mol. The Labute approximate surface area is 132 Å². The number of hydrogen-bond donors (Lipinski definition) is 1. The molecule has 3 nitrogen and oxygen atoms in total.